The van der Waals surface area contributed by atoms with E-state index in [1.165, 1.54) is 0 Å². The summed E-state index contributed by atoms with van der Waals surface area (Å²) in [4.78, 5) is 4.46. The van der Waals surface area contributed by atoms with Crippen LogP contribution in [0.2, 0.25) is 0 Å². The minimum absolute atomic E-state index is 0.818. The molecule has 0 saturated carbocycles. The number of methoxy groups -OCH3 is 2. The van der Waals surface area contributed by atoms with Gasteiger partial charge < -0.3 is 9.47 Å². The summed E-state index contributed by atoms with van der Waals surface area (Å²) in [5.41, 5.74) is 2.27. The van der Waals surface area contributed by atoms with E-state index in [2.05, 4.69) is 4.99 Å². The van der Waals surface area contributed by atoms with Crippen molar-refractivity contribution in [2.45, 2.75) is 12.8 Å². The summed E-state index contributed by atoms with van der Waals surface area (Å²) in [7, 11) is 3.32. The molecule has 1 heterocycles. The molecular formula is C12H15NO2. The molecule has 3 nitrogen and oxygen atoms in total. The van der Waals surface area contributed by atoms with Crippen molar-refractivity contribution < 1.29 is 9.47 Å². The van der Waals surface area contributed by atoms with Gasteiger partial charge in [-0.1, -0.05) is 0 Å². The Morgan fingerprint density at radius 3 is 2.20 bits per heavy atom. The Morgan fingerprint density at radius 2 is 1.73 bits per heavy atom. The maximum absolute atomic E-state index is 5.22. The molecule has 2 rings (SSSR count). The summed E-state index contributed by atoms with van der Waals surface area (Å²) in [6.45, 7) is 0.939. The molecule has 1 aliphatic rings. The van der Waals surface area contributed by atoms with Gasteiger partial charge in [0, 0.05) is 23.9 Å². The summed E-state index contributed by atoms with van der Waals surface area (Å²) < 4.78 is 10.4. The van der Waals surface area contributed by atoms with Gasteiger partial charge in [-0.25, -0.2) is 0 Å². The SMILES string of the molecule is COc1cc(OC)cc(C2=NCCC2)c1. The Balaban J connectivity index is 2.37. The van der Waals surface area contributed by atoms with Crippen LogP contribution in [0.1, 0.15) is 18.4 Å². The first-order valence-corrected chi connectivity index (χ1v) is 5.10. The maximum Gasteiger partial charge on any atom is 0.123 e. The topological polar surface area (TPSA) is 30.8 Å². The Labute approximate surface area is 89.7 Å². The average Bonchev–Trinajstić information content (AvgIpc) is 2.81. The van der Waals surface area contributed by atoms with Crippen molar-refractivity contribution in [3.63, 3.8) is 0 Å². The van der Waals surface area contributed by atoms with Crippen LogP contribution in [0, 0.1) is 0 Å². The monoisotopic (exact) mass is 205 g/mol. The zero-order chi connectivity index (χ0) is 10.7. The minimum Gasteiger partial charge on any atom is -0.497 e. The molecule has 0 spiro atoms. The summed E-state index contributed by atoms with van der Waals surface area (Å²) in [5, 5.41) is 0. The maximum atomic E-state index is 5.22. The number of hydrogen-bond donors (Lipinski definition) is 0. The second-order valence-corrected chi connectivity index (χ2v) is 3.53. The van der Waals surface area contributed by atoms with E-state index in [4.69, 9.17) is 9.47 Å². The Hall–Kier alpha value is -1.51. The standard InChI is InChI=1S/C12H15NO2/c1-14-10-6-9(7-11(8-10)15-2)12-4-3-5-13-12/h6-8H,3-5H2,1-2H3. The largest absolute Gasteiger partial charge is 0.497 e. The third-order valence-corrected chi connectivity index (χ3v) is 2.56. The third kappa shape index (κ3) is 2.12. The number of ether oxygens (including phenoxy) is 2. The summed E-state index contributed by atoms with van der Waals surface area (Å²) in [6, 6.07) is 5.89. The van der Waals surface area contributed by atoms with Crippen LogP contribution in [0.4, 0.5) is 0 Å². The average molecular weight is 205 g/mol. The van der Waals surface area contributed by atoms with E-state index in [1.807, 2.05) is 18.2 Å². The number of rotatable bonds is 3. The molecular weight excluding hydrogens is 190 g/mol. The predicted molar refractivity (Wildman–Crippen MR) is 60.2 cm³/mol. The van der Waals surface area contributed by atoms with Crippen LogP contribution in [0.5, 0.6) is 11.5 Å². The van der Waals surface area contributed by atoms with E-state index < -0.39 is 0 Å². The van der Waals surface area contributed by atoms with Crippen molar-refractivity contribution in [2.75, 3.05) is 20.8 Å². The smallest absolute Gasteiger partial charge is 0.123 e. The highest BCUT2D eigenvalue weighted by Gasteiger charge is 2.11. The summed E-state index contributed by atoms with van der Waals surface area (Å²) in [5.74, 6) is 1.64. The molecule has 0 aliphatic carbocycles. The minimum atomic E-state index is 0.818. The highest BCUT2D eigenvalue weighted by atomic mass is 16.5. The second kappa shape index (κ2) is 4.34. The first kappa shape index (κ1) is 10.0. The van der Waals surface area contributed by atoms with Gasteiger partial charge in [-0.15, -0.1) is 0 Å². The molecule has 0 fully saturated rings. The lowest BCUT2D eigenvalue weighted by atomic mass is 10.1. The fourth-order valence-electron chi connectivity index (χ4n) is 1.75. The normalized spacial score (nSPS) is 14.9. The van der Waals surface area contributed by atoms with Gasteiger partial charge in [0.1, 0.15) is 11.5 Å². The van der Waals surface area contributed by atoms with Crippen molar-refractivity contribution in [3.8, 4) is 11.5 Å². The zero-order valence-electron chi connectivity index (χ0n) is 9.12. The van der Waals surface area contributed by atoms with Gasteiger partial charge in [-0.05, 0) is 25.0 Å². The molecule has 0 aromatic heterocycles. The van der Waals surface area contributed by atoms with E-state index in [0.29, 0.717) is 0 Å². The van der Waals surface area contributed by atoms with Crippen LogP contribution in [0.15, 0.2) is 23.2 Å². The molecule has 0 radical (unpaired) electrons. The molecule has 0 amide bonds. The molecule has 0 atom stereocenters. The second-order valence-electron chi connectivity index (χ2n) is 3.53. The van der Waals surface area contributed by atoms with Gasteiger partial charge in [0.15, 0.2) is 0 Å². The van der Waals surface area contributed by atoms with Crippen molar-refractivity contribution >= 4 is 5.71 Å². The van der Waals surface area contributed by atoms with Gasteiger partial charge >= 0.3 is 0 Å². The van der Waals surface area contributed by atoms with Gasteiger partial charge in [0.25, 0.3) is 0 Å². The van der Waals surface area contributed by atoms with Gasteiger partial charge in [0.2, 0.25) is 0 Å². The molecule has 15 heavy (non-hydrogen) atoms. The van der Waals surface area contributed by atoms with Crippen molar-refractivity contribution in [2.24, 2.45) is 4.99 Å². The zero-order valence-corrected chi connectivity index (χ0v) is 9.12. The van der Waals surface area contributed by atoms with Crippen molar-refractivity contribution in [1.82, 2.24) is 0 Å². The number of nitrogens with zero attached hydrogens (tertiary/aromatic N) is 1. The van der Waals surface area contributed by atoms with Crippen LogP contribution >= 0.6 is 0 Å². The molecule has 1 aromatic rings. The first-order chi connectivity index (χ1) is 7.33. The third-order valence-electron chi connectivity index (χ3n) is 2.56. The Bertz CT molecular complexity index is 363. The fourth-order valence-corrected chi connectivity index (χ4v) is 1.75. The fraction of sp³-hybridized carbons (Fsp3) is 0.417. The number of hydrogen-bond acceptors (Lipinski definition) is 3. The lowest BCUT2D eigenvalue weighted by Crippen LogP contribution is -1.98. The van der Waals surface area contributed by atoms with E-state index in [1.54, 1.807) is 14.2 Å². The van der Waals surface area contributed by atoms with Crippen molar-refractivity contribution in [3.05, 3.63) is 23.8 Å². The first-order valence-electron chi connectivity index (χ1n) is 5.10. The molecule has 0 N–H and O–H groups in total. The summed E-state index contributed by atoms with van der Waals surface area (Å²) in [6.07, 6.45) is 2.20. The number of aliphatic imine (C=N–C) groups is 1. The van der Waals surface area contributed by atoms with Gasteiger partial charge in [-0.3, -0.25) is 4.99 Å². The van der Waals surface area contributed by atoms with Gasteiger partial charge in [-0.2, -0.15) is 0 Å². The quantitative estimate of drug-likeness (QED) is 0.758. The number of benzene rings is 1. The lowest BCUT2D eigenvalue weighted by Gasteiger charge is -2.08. The summed E-state index contributed by atoms with van der Waals surface area (Å²) >= 11 is 0. The van der Waals surface area contributed by atoms with Gasteiger partial charge in [0.05, 0.1) is 14.2 Å². The van der Waals surface area contributed by atoms with E-state index >= 15 is 0 Å². The molecule has 0 unspecified atom stereocenters. The molecule has 0 saturated heterocycles. The van der Waals surface area contributed by atoms with E-state index in [-0.39, 0.29) is 0 Å². The molecule has 0 bridgehead atoms. The van der Waals surface area contributed by atoms with Crippen LogP contribution in [0.3, 0.4) is 0 Å². The Kier molecular flexibility index (Phi) is 2.90. The van der Waals surface area contributed by atoms with Crippen LogP contribution in [0.25, 0.3) is 0 Å². The van der Waals surface area contributed by atoms with Crippen LogP contribution in [-0.2, 0) is 0 Å². The highest BCUT2D eigenvalue weighted by molar-refractivity contribution is 6.02. The van der Waals surface area contributed by atoms with Crippen LogP contribution in [-0.4, -0.2) is 26.5 Å². The van der Waals surface area contributed by atoms with Crippen molar-refractivity contribution in [1.29, 1.82) is 0 Å². The predicted octanol–water partition coefficient (Wildman–Crippen LogP) is 2.29. The van der Waals surface area contributed by atoms with Crippen LogP contribution < -0.4 is 9.47 Å². The molecule has 80 valence electrons. The highest BCUT2D eigenvalue weighted by Crippen LogP contribution is 2.25. The lowest BCUT2D eigenvalue weighted by molar-refractivity contribution is 0.394. The molecule has 1 aliphatic heterocycles. The van der Waals surface area contributed by atoms with E-state index in [0.717, 1.165) is 42.2 Å². The molecule has 1 aromatic carbocycles. The molecule has 3 heteroatoms. The van der Waals surface area contributed by atoms with E-state index in [9.17, 15) is 0 Å². The Morgan fingerprint density at radius 1 is 1.07 bits per heavy atom.